The molecular formula is C12H12BrFN2O4S. The molecule has 6 nitrogen and oxygen atoms in total. The Balaban J connectivity index is 1.95. The zero-order valence-electron chi connectivity index (χ0n) is 10.7. The van der Waals surface area contributed by atoms with Gasteiger partial charge in [0.2, 0.25) is 5.91 Å². The van der Waals surface area contributed by atoms with E-state index in [0.717, 1.165) is 6.07 Å². The number of rotatable bonds is 2. The summed E-state index contributed by atoms with van der Waals surface area (Å²) in [7, 11) is -3.18. The van der Waals surface area contributed by atoms with Crippen LogP contribution in [0.25, 0.3) is 0 Å². The second kappa shape index (κ2) is 6.10. The molecule has 114 valence electrons. The third-order valence-corrected chi connectivity index (χ3v) is 5.34. The normalized spacial score (nSPS) is 20.0. The SMILES string of the molecule is O=C(NNC(=O)[C@H]1CCS(=O)(=O)C1)c1cc(Br)ccc1F. The monoisotopic (exact) mass is 378 g/mol. The minimum Gasteiger partial charge on any atom is -0.273 e. The third kappa shape index (κ3) is 4.01. The van der Waals surface area contributed by atoms with Crippen LogP contribution in [0.3, 0.4) is 0 Å². The topological polar surface area (TPSA) is 92.3 Å². The van der Waals surface area contributed by atoms with Gasteiger partial charge in [-0.1, -0.05) is 15.9 Å². The number of carbonyl (C=O) groups excluding carboxylic acids is 2. The third-order valence-electron chi connectivity index (χ3n) is 3.08. The maximum absolute atomic E-state index is 13.5. The first-order valence-corrected chi connectivity index (χ1v) is 8.65. The number of hydrazine groups is 1. The predicted octanol–water partition coefficient (Wildman–Crippen LogP) is 0.784. The molecule has 0 aromatic heterocycles. The zero-order chi connectivity index (χ0) is 15.6. The molecule has 2 rings (SSSR count). The molecular weight excluding hydrogens is 367 g/mol. The van der Waals surface area contributed by atoms with Crippen molar-refractivity contribution >= 4 is 37.6 Å². The summed E-state index contributed by atoms with van der Waals surface area (Å²) in [6.07, 6.45) is 0.218. The van der Waals surface area contributed by atoms with Gasteiger partial charge in [-0.15, -0.1) is 0 Å². The lowest BCUT2D eigenvalue weighted by atomic mass is 10.1. The lowest BCUT2D eigenvalue weighted by Crippen LogP contribution is -2.45. The second-order valence-corrected chi connectivity index (χ2v) is 7.81. The highest BCUT2D eigenvalue weighted by atomic mass is 79.9. The van der Waals surface area contributed by atoms with Gasteiger partial charge in [-0.05, 0) is 24.6 Å². The van der Waals surface area contributed by atoms with Gasteiger partial charge in [0, 0.05) is 4.47 Å². The lowest BCUT2D eigenvalue weighted by Gasteiger charge is -2.11. The Bertz CT molecular complexity index is 692. The van der Waals surface area contributed by atoms with Crippen molar-refractivity contribution in [3.05, 3.63) is 34.1 Å². The summed E-state index contributed by atoms with van der Waals surface area (Å²) in [6.45, 7) is 0. The van der Waals surface area contributed by atoms with Crippen molar-refractivity contribution in [2.45, 2.75) is 6.42 Å². The van der Waals surface area contributed by atoms with E-state index in [9.17, 15) is 22.4 Å². The second-order valence-electron chi connectivity index (χ2n) is 4.67. The van der Waals surface area contributed by atoms with E-state index >= 15 is 0 Å². The number of nitrogens with one attached hydrogen (secondary N) is 2. The predicted molar refractivity (Wildman–Crippen MR) is 76.5 cm³/mol. The van der Waals surface area contributed by atoms with Crippen LogP contribution in [0.5, 0.6) is 0 Å². The maximum atomic E-state index is 13.5. The Morgan fingerprint density at radius 2 is 2.00 bits per heavy atom. The minimum absolute atomic E-state index is 0.0424. The highest BCUT2D eigenvalue weighted by Crippen LogP contribution is 2.18. The van der Waals surface area contributed by atoms with Crippen molar-refractivity contribution < 1.29 is 22.4 Å². The smallest absolute Gasteiger partial charge is 0.272 e. The fraction of sp³-hybridized carbons (Fsp3) is 0.333. The lowest BCUT2D eigenvalue weighted by molar-refractivity contribution is -0.125. The Labute approximate surface area is 129 Å². The number of sulfone groups is 1. The Hall–Kier alpha value is -1.48. The van der Waals surface area contributed by atoms with Gasteiger partial charge in [-0.3, -0.25) is 20.4 Å². The largest absolute Gasteiger partial charge is 0.273 e. The molecule has 1 aromatic rings. The van der Waals surface area contributed by atoms with Crippen molar-refractivity contribution in [3.63, 3.8) is 0 Å². The van der Waals surface area contributed by atoms with E-state index in [1.807, 2.05) is 0 Å². The van der Waals surface area contributed by atoms with E-state index < -0.39 is 33.4 Å². The van der Waals surface area contributed by atoms with E-state index in [1.54, 1.807) is 0 Å². The number of amides is 2. The molecule has 0 bridgehead atoms. The first kappa shape index (κ1) is 15.9. The van der Waals surface area contributed by atoms with Crippen LogP contribution < -0.4 is 10.9 Å². The number of hydrogen-bond donors (Lipinski definition) is 2. The van der Waals surface area contributed by atoms with Crippen molar-refractivity contribution in [1.82, 2.24) is 10.9 Å². The summed E-state index contributed by atoms with van der Waals surface area (Å²) in [5, 5.41) is 0. The molecule has 9 heteroatoms. The molecule has 0 radical (unpaired) electrons. The van der Waals surface area contributed by atoms with Gasteiger partial charge in [0.15, 0.2) is 9.84 Å². The van der Waals surface area contributed by atoms with Gasteiger partial charge >= 0.3 is 0 Å². The fourth-order valence-corrected chi connectivity index (χ4v) is 4.06. The van der Waals surface area contributed by atoms with Crippen LogP contribution in [0, 0.1) is 11.7 Å². The molecule has 0 spiro atoms. The standard InChI is InChI=1S/C12H12BrFN2O4S/c13-8-1-2-10(14)9(5-8)12(18)16-15-11(17)7-3-4-21(19,20)6-7/h1-2,5,7H,3-4,6H2,(H,15,17)(H,16,18)/t7-/m0/s1. The average Bonchev–Trinajstić information content (AvgIpc) is 2.79. The Morgan fingerprint density at radius 3 is 2.62 bits per heavy atom. The molecule has 0 aliphatic carbocycles. The summed E-state index contributed by atoms with van der Waals surface area (Å²) in [6, 6.07) is 3.83. The molecule has 1 saturated heterocycles. The first-order valence-electron chi connectivity index (χ1n) is 6.04. The van der Waals surface area contributed by atoms with E-state index in [0.29, 0.717) is 4.47 Å². The molecule has 21 heavy (non-hydrogen) atoms. The quantitative estimate of drug-likeness (QED) is 0.743. The molecule has 1 heterocycles. The molecule has 1 aromatic carbocycles. The number of benzene rings is 1. The van der Waals surface area contributed by atoms with Crippen LogP contribution in [0.2, 0.25) is 0 Å². The Kier molecular flexibility index (Phi) is 4.62. The minimum atomic E-state index is -3.18. The molecule has 0 unspecified atom stereocenters. The molecule has 1 aliphatic heterocycles. The molecule has 2 amide bonds. The molecule has 1 fully saturated rings. The van der Waals surface area contributed by atoms with Crippen molar-refractivity contribution in [2.75, 3.05) is 11.5 Å². The van der Waals surface area contributed by atoms with Gasteiger partial charge in [0.1, 0.15) is 5.82 Å². The fourth-order valence-electron chi connectivity index (χ4n) is 1.96. The van der Waals surface area contributed by atoms with Crippen LogP contribution in [-0.4, -0.2) is 31.7 Å². The molecule has 0 saturated carbocycles. The summed E-state index contributed by atoms with van der Waals surface area (Å²) in [5.74, 6) is -3.11. The van der Waals surface area contributed by atoms with Gasteiger partial charge in [-0.2, -0.15) is 0 Å². The maximum Gasteiger partial charge on any atom is 0.272 e. The summed E-state index contributed by atoms with van der Waals surface area (Å²) in [4.78, 5) is 23.5. The first-order chi connectivity index (χ1) is 9.78. The molecule has 1 atom stereocenters. The summed E-state index contributed by atoms with van der Waals surface area (Å²) >= 11 is 3.11. The van der Waals surface area contributed by atoms with Gasteiger partial charge in [0.25, 0.3) is 5.91 Å². The molecule has 2 N–H and O–H groups in total. The van der Waals surface area contributed by atoms with Gasteiger partial charge < -0.3 is 0 Å². The van der Waals surface area contributed by atoms with E-state index in [2.05, 4.69) is 26.8 Å². The van der Waals surface area contributed by atoms with Crippen LogP contribution in [0.4, 0.5) is 4.39 Å². The highest BCUT2D eigenvalue weighted by molar-refractivity contribution is 9.10. The van der Waals surface area contributed by atoms with E-state index in [1.165, 1.54) is 12.1 Å². The number of carbonyl (C=O) groups is 2. The number of hydrogen-bond acceptors (Lipinski definition) is 4. The molecule has 1 aliphatic rings. The Morgan fingerprint density at radius 1 is 1.29 bits per heavy atom. The summed E-state index contributed by atoms with van der Waals surface area (Å²) in [5.41, 5.74) is 3.97. The highest BCUT2D eigenvalue weighted by Gasteiger charge is 2.33. The van der Waals surface area contributed by atoms with Crippen molar-refractivity contribution in [2.24, 2.45) is 5.92 Å². The van der Waals surface area contributed by atoms with Gasteiger partial charge in [0.05, 0.1) is 23.0 Å². The van der Waals surface area contributed by atoms with Crippen molar-refractivity contribution in [1.29, 1.82) is 0 Å². The van der Waals surface area contributed by atoms with E-state index in [4.69, 9.17) is 0 Å². The van der Waals surface area contributed by atoms with Crippen LogP contribution in [-0.2, 0) is 14.6 Å². The van der Waals surface area contributed by atoms with E-state index in [-0.39, 0.29) is 23.5 Å². The van der Waals surface area contributed by atoms with Crippen LogP contribution in [0.15, 0.2) is 22.7 Å². The van der Waals surface area contributed by atoms with Crippen LogP contribution >= 0.6 is 15.9 Å². The average molecular weight is 379 g/mol. The number of halogens is 2. The van der Waals surface area contributed by atoms with Crippen LogP contribution in [0.1, 0.15) is 16.8 Å². The van der Waals surface area contributed by atoms with Crippen molar-refractivity contribution in [3.8, 4) is 0 Å². The van der Waals surface area contributed by atoms with Gasteiger partial charge in [-0.25, -0.2) is 12.8 Å². The summed E-state index contributed by atoms with van der Waals surface area (Å²) < 4.78 is 36.5. The zero-order valence-corrected chi connectivity index (χ0v) is 13.1.